The molecule has 0 radical (unpaired) electrons. The van der Waals surface area contributed by atoms with Crippen LogP contribution in [0.2, 0.25) is 0 Å². The number of hydrogen-bond acceptors (Lipinski definition) is 8. The van der Waals surface area contributed by atoms with Crippen molar-refractivity contribution in [3.05, 3.63) is 59.4 Å². The number of nitrogens with one attached hydrogen (secondary N) is 1. The van der Waals surface area contributed by atoms with Crippen LogP contribution in [-0.2, 0) is 13.0 Å². The fourth-order valence-corrected chi connectivity index (χ4v) is 3.81. The highest BCUT2D eigenvalue weighted by atomic mass is 16.5. The topological polar surface area (TPSA) is 98.4 Å². The lowest BCUT2D eigenvalue weighted by Gasteiger charge is -2.35. The van der Waals surface area contributed by atoms with E-state index in [1.807, 2.05) is 30.3 Å². The van der Waals surface area contributed by atoms with E-state index in [0.717, 1.165) is 30.2 Å². The van der Waals surface area contributed by atoms with Crippen LogP contribution in [-0.4, -0.2) is 40.6 Å². The molecule has 0 bridgehead atoms. The number of rotatable bonds is 6. The SMILES string of the molecule is COc1cc2c(cc1OC)C(C)N(Cc1nc(N)nc(Nc3ccccc3)n1)CC2. The Hall–Kier alpha value is -3.39. The molecule has 0 saturated heterocycles. The smallest absolute Gasteiger partial charge is 0.232 e. The first-order valence-corrected chi connectivity index (χ1v) is 9.88. The Bertz CT molecular complexity index is 1030. The standard InChI is InChI=1S/C22H26N6O2/c1-14-17-12-19(30-3)18(29-2)11-15(17)9-10-28(14)13-20-25-21(23)27-22(26-20)24-16-7-5-4-6-8-16/h4-8,11-12,14H,9-10,13H2,1-3H3,(H3,23,24,25,26,27). The monoisotopic (exact) mass is 406 g/mol. The van der Waals surface area contributed by atoms with Crippen LogP contribution in [0.25, 0.3) is 0 Å². The lowest BCUT2D eigenvalue weighted by Crippen LogP contribution is -2.34. The molecule has 1 unspecified atom stereocenters. The Morgan fingerprint density at radius 1 is 1.07 bits per heavy atom. The summed E-state index contributed by atoms with van der Waals surface area (Å²) in [7, 11) is 3.32. The Kier molecular flexibility index (Phi) is 5.67. The van der Waals surface area contributed by atoms with Gasteiger partial charge in [-0.05, 0) is 48.7 Å². The van der Waals surface area contributed by atoms with Gasteiger partial charge >= 0.3 is 0 Å². The lowest BCUT2D eigenvalue weighted by atomic mass is 9.93. The zero-order valence-corrected chi connectivity index (χ0v) is 17.4. The second-order valence-electron chi connectivity index (χ2n) is 7.23. The number of anilines is 3. The fourth-order valence-electron chi connectivity index (χ4n) is 3.81. The third-order valence-electron chi connectivity index (χ3n) is 5.39. The Balaban J connectivity index is 1.55. The minimum absolute atomic E-state index is 0.178. The molecule has 0 spiro atoms. The summed E-state index contributed by atoms with van der Waals surface area (Å²) < 4.78 is 10.9. The predicted molar refractivity (Wildman–Crippen MR) is 116 cm³/mol. The second kappa shape index (κ2) is 8.54. The van der Waals surface area contributed by atoms with Crippen molar-refractivity contribution in [3.63, 3.8) is 0 Å². The van der Waals surface area contributed by atoms with Crippen molar-refractivity contribution in [3.8, 4) is 11.5 Å². The Morgan fingerprint density at radius 3 is 2.53 bits per heavy atom. The van der Waals surface area contributed by atoms with Gasteiger partial charge in [0.25, 0.3) is 0 Å². The van der Waals surface area contributed by atoms with Gasteiger partial charge in [-0.3, -0.25) is 4.90 Å². The summed E-state index contributed by atoms with van der Waals surface area (Å²) in [5.41, 5.74) is 9.35. The van der Waals surface area contributed by atoms with E-state index in [0.29, 0.717) is 18.3 Å². The number of nitrogen functional groups attached to an aromatic ring is 1. The summed E-state index contributed by atoms with van der Waals surface area (Å²) in [5.74, 6) is 2.79. The zero-order valence-electron chi connectivity index (χ0n) is 17.4. The molecule has 1 aromatic heterocycles. The van der Waals surface area contributed by atoms with Crippen molar-refractivity contribution in [1.82, 2.24) is 19.9 Å². The molecule has 1 atom stereocenters. The summed E-state index contributed by atoms with van der Waals surface area (Å²) in [6.45, 7) is 3.64. The highest BCUT2D eigenvalue weighted by Crippen LogP contribution is 2.38. The van der Waals surface area contributed by atoms with Crippen molar-refractivity contribution in [2.45, 2.75) is 25.9 Å². The highest BCUT2D eigenvalue weighted by molar-refractivity contribution is 5.53. The van der Waals surface area contributed by atoms with Crippen LogP contribution >= 0.6 is 0 Å². The zero-order chi connectivity index (χ0) is 21.1. The molecule has 3 N–H and O–H groups in total. The van der Waals surface area contributed by atoms with Crippen molar-refractivity contribution in [1.29, 1.82) is 0 Å². The van der Waals surface area contributed by atoms with Gasteiger partial charge in [0.2, 0.25) is 11.9 Å². The van der Waals surface area contributed by atoms with Gasteiger partial charge in [0.15, 0.2) is 11.5 Å². The van der Waals surface area contributed by atoms with Crippen molar-refractivity contribution < 1.29 is 9.47 Å². The maximum atomic E-state index is 5.95. The van der Waals surface area contributed by atoms with E-state index >= 15 is 0 Å². The van der Waals surface area contributed by atoms with E-state index in [-0.39, 0.29) is 12.0 Å². The maximum Gasteiger partial charge on any atom is 0.232 e. The van der Waals surface area contributed by atoms with Crippen LogP contribution < -0.4 is 20.5 Å². The molecule has 0 saturated carbocycles. The van der Waals surface area contributed by atoms with Crippen LogP contribution in [0, 0.1) is 0 Å². The maximum absolute atomic E-state index is 5.95. The van der Waals surface area contributed by atoms with Gasteiger partial charge in [-0.15, -0.1) is 0 Å². The third kappa shape index (κ3) is 4.13. The normalized spacial score (nSPS) is 16.0. The molecule has 2 aromatic carbocycles. The van der Waals surface area contributed by atoms with Crippen LogP contribution in [0.1, 0.15) is 29.9 Å². The van der Waals surface area contributed by atoms with Gasteiger partial charge in [0.05, 0.1) is 20.8 Å². The van der Waals surface area contributed by atoms with E-state index in [1.165, 1.54) is 11.1 Å². The largest absolute Gasteiger partial charge is 0.493 e. The molecule has 8 heteroatoms. The molecule has 8 nitrogen and oxygen atoms in total. The predicted octanol–water partition coefficient (Wildman–Crippen LogP) is 3.33. The molecule has 1 aliphatic rings. The van der Waals surface area contributed by atoms with Gasteiger partial charge in [0, 0.05) is 18.3 Å². The van der Waals surface area contributed by atoms with Crippen molar-refractivity contribution in [2.24, 2.45) is 0 Å². The molecule has 1 aliphatic heterocycles. The molecule has 3 aromatic rings. The summed E-state index contributed by atoms with van der Waals surface area (Å²) in [5, 5.41) is 3.19. The molecular weight excluding hydrogens is 380 g/mol. The number of nitrogens with two attached hydrogens (primary N) is 1. The average Bonchev–Trinajstić information content (AvgIpc) is 2.75. The number of para-hydroxylation sites is 1. The number of nitrogens with zero attached hydrogens (tertiary/aromatic N) is 4. The summed E-state index contributed by atoms with van der Waals surface area (Å²) in [6, 6.07) is 14.1. The Labute approximate surface area is 176 Å². The molecule has 2 heterocycles. The quantitative estimate of drug-likeness (QED) is 0.643. The van der Waals surface area contributed by atoms with Crippen LogP contribution in [0.15, 0.2) is 42.5 Å². The minimum atomic E-state index is 0.178. The fraction of sp³-hybridized carbons (Fsp3) is 0.318. The van der Waals surface area contributed by atoms with Gasteiger partial charge in [-0.25, -0.2) is 0 Å². The summed E-state index contributed by atoms with van der Waals surface area (Å²) >= 11 is 0. The van der Waals surface area contributed by atoms with Gasteiger partial charge < -0.3 is 20.5 Å². The Morgan fingerprint density at radius 2 is 1.80 bits per heavy atom. The van der Waals surface area contributed by atoms with Crippen molar-refractivity contribution >= 4 is 17.6 Å². The first-order chi connectivity index (χ1) is 14.6. The number of fused-ring (bicyclic) bond motifs is 1. The van der Waals surface area contributed by atoms with Gasteiger partial charge in [-0.1, -0.05) is 18.2 Å². The highest BCUT2D eigenvalue weighted by Gasteiger charge is 2.26. The molecule has 156 valence electrons. The van der Waals surface area contributed by atoms with Crippen LogP contribution in [0.5, 0.6) is 11.5 Å². The van der Waals surface area contributed by atoms with E-state index in [4.69, 9.17) is 15.2 Å². The van der Waals surface area contributed by atoms with Crippen LogP contribution in [0.4, 0.5) is 17.6 Å². The van der Waals surface area contributed by atoms with E-state index < -0.39 is 0 Å². The molecule has 30 heavy (non-hydrogen) atoms. The molecule has 4 rings (SSSR count). The first-order valence-electron chi connectivity index (χ1n) is 9.88. The van der Waals surface area contributed by atoms with E-state index in [9.17, 15) is 0 Å². The number of benzene rings is 2. The number of hydrogen-bond donors (Lipinski definition) is 2. The minimum Gasteiger partial charge on any atom is -0.493 e. The second-order valence-corrected chi connectivity index (χ2v) is 7.23. The molecule has 0 aliphatic carbocycles. The summed E-state index contributed by atoms with van der Waals surface area (Å²) in [4.78, 5) is 15.5. The van der Waals surface area contributed by atoms with Crippen LogP contribution in [0.3, 0.4) is 0 Å². The van der Waals surface area contributed by atoms with Gasteiger partial charge in [-0.2, -0.15) is 15.0 Å². The average molecular weight is 406 g/mol. The van der Waals surface area contributed by atoms with E-state index in [2.05, 4.69) is 44.2 Å². The first kappa shape index (κ1) is 19.9. The molecular formula is C22H26N6O2. The third-order valence-corrected chi connectivity index (χ3v) is 5.39. The number of methoxy groups -OCH3 is 2. The molecule has 0 amide bonds. The van der Waals surface area contributed by atoms with E-state index in [1.54, 1.807) is 14.2 Å². The molecule has 0 fully saturated rings. The number of ether oxygens (including phenoxy) is 2. The number of aromatic nitrogens is 3. The summed E-state index contributed by atoms with van der Waals surface area (Å²) in [6.07, 6.45) is 0.912. The lowest BCUT2D eigenvalue weighted by molar-refractivity contribution is 0.184. The van der Waals surface area contributed by atoms with Gasteiger partial charge in [0.1, 0.15) is 5.82 Å². The van der Waals surface area contributed by atoms with Crippen molar-refractivity contribution in [2.75, 3.05) is 31.8 Å².